The third-order valence-electron chi connectivity index (χ3n) is 2.42. The van der Waals surface area contributed by atoms with Crippen LogP contribution in [0.1, 0.15) is 33.6 Å². The smallest absolute Gasteiger partial charge is 0.0567 e. The second kappa shape index (κ2) is 4.45. The largest absolute Gasteiger partial charge is 0.393 e. The summed E-state index contributed by atoms with van der Waals surface area (Å²) in [6.07, 6.45) is 1.73. The Bertz CT molecular complexity index is 133. The van der Waals surface area contributed by atoms with E-state index < -0.39 is 0 Å². The Balaban J connectivity index is 0.00000121. The second-order valence-electron chi connectivity index (χ2n) is 4.55. The molecule has 12 heavy (non-hydrogen) atoms. The molecule has 1 aliphatic heterocycles. The van der Waals surface area contributed by atoms with E-state index in [4.69, 9.17) is 0 Å². The fourth-order valence-corrected chi connectivity index (χ4v) is 1.56. The van der Waals surface area contributed by atoms with Crippen molar-refractivity contribution in [2.75, 3.05) is 6.54 Å². The predicted octanol–water partition coefficient (Wildman–Crippen LogP) is 1.57. The van der Waals surface area contributed by atoms with E-state index in [1.807, 2.05) is 0 Å². The zero-order chi connectivity index (χ0) is 8.48. The second-order valence-corrected chi connectivity index (χ2v) is 4.55. The highest BCUT2D eigenvalue weighted by atomic mass is 35.5. The lowest BCUT2D eigenvalue weighted by Gasteiger charge is -2.36. The number of rotatable bonds is 0. The van der Waals surface area contributed by atoms with E-state index in [1.165, 1.54) is 0 Å². The van der Waals surface area contributed by atoms with Gasteiger partial charge >= 0.3 is 0 Å². The summed E-state index contributed by atoms with van der Waals surface area (Å²) in [6.45, 7) is 7.59. The Morgan fingerprint density at radius 3 is 2.25 bits per heavy atom. The van der Waals surface area contributed by atoms with Crippen molar-refractivity contribution in [2.45, 2.75) is 45.8 Å². The molecule has 0 radical (unpaired) electrons. The van der Waals surface area contributed by atoms with Gasteiger partial charge in [-0.2, -0.15) is 0 Å². The average molecular weight is 194 g/mol. The van der Waals surface area contributed by atoms with Crippen LogP contribution in [-0.2, 0) is 0 Å². The first-order valence-electron chi connectivity index (χ1n) is 4.41. The summed E-state index contributed by atoms with van der Waals surface area (Å²) < 4.78 is 0. The van der Waals surface area contributed by atoms with Gasteiger partial charge in [0.05, 0.1) is 6.10 Å². The van der Waals surface area contributed by atoms with Gasteiger partial charge in [-0.25, -0.2) is 0 Å². The van der Waals surface area contributed by atoms with Crippen LogP contribution in [0, 0.1) is 5.41 Å². The van der Waals surface area contributed by atoms with Gasteiger partial charge in [0.1, 0.15) is 0 Å². The van der Waals surface area contributed by atoms with Crippen LogP contribution in [0.3, 0.4) is 0 Å². The zero-order valence-electron chi connectivity index (χ0n) is 8.13. The minimum Gasteiger partial charge on any atom is -0.393 e. The lowest BCUT2D eigenvalue weighted by molar-refractivity contribution is 0.0835. The summed E-state index contributed by atoms with van der Waals surface area (Å²) in [5.74, 6) is 0. The molecular formula is C9H20ClNO. The molecule has 74 valence electrons. The molecule has 1 saturated heterocycles. The fraction of sp³-hybridized carbons (Fsp3) is 1.00. The molecule has 1 fully saturated rings. The number of piperidine rings is 1. The number of hydrogen-bond acceptors (Lipinski definition) is 2. The standard InChI is InChI=1S/C9H19NO.ClH/c1-9(2,3)8-6-7(11)4-5-10-8;/h7-8,10-11H,4-6H2,1-3H3;1H. The number of hydrogen-bond donors (Lipinski definition) is 2. The van der Waals surface area contributed by atoms with Gasteiger partial charge in [0, 0.05) is 6.04 Å². The number of aliphatic hydroxyl groups excluding tert-OH is 1. The average Bonchev–Trinajstić information content (AvgIpc) is 1.86. The molecule has 0 aromatic rings. The lowest BCUT2D eigenvalue weighted by atomic mass is 9.81. The first-order chi connectivity index (χ1) is 5.00. The van der Waals surface area contributed by atoms with Crippen LogP contribution in [-0.4, -0.2) is 23.8 Å². The van der Waals surface area contributed by atoms with Crippen molar-refractivity contribution in [3.05, 3.63) is 0 Å². The van der Waals surface area contributed by atoms with Crippen molar-refractivity contribution in [3.8, 4) is 0 Å². The fourth-order valence-electron chi connectivity index (χ4n) is 1.56. The van der Waals surface area contributed by atoms with Gasteiger partial charge < -0.3 is 10.4 Å². The number of aliphatic hydroxyl groups is 1. The highest BCUT2D eigenvalue weighted by Gasteiger charge is 2.29. The monoisotopic (exact) mass is 193 g/mol. The van der Waals surface area contributed by atoms with Crippen molar-refractivity contribution >= 4 is 12.4 Å². The van der Waals surface area contributed by atoms with E-state index in [2.05, 4.69) is 26.1 Å². The molecule has 0 aliphatic carbocycles. The maximum Gasteiger partial charge on any atom is 0.0567 e. The molecule has 0 spiro atoms. The molecule has 2 unspecified atom stereocenters. The number of halogens is 1. The quantitative estimate of drug-likeness (QED) is 0.612. The van der Waals surface area contributed by atoms with E-state index >= 15 is 0 Å². The third kappa shape index (κ3) is 3.30. The van der Waals surface area contributed by atoms with Crippen molar-refractivity contribution in [1.29, 1.82) is 0 Å². The Labute approximate surface area is 81.2 Å². The SMILES string of the molecule is CC(C)(C)C1CC(O)CCN1.Cl. The van der Waals surface area contributed by atoms with Gasteiger partial charge in [0.25, 0.3) is 0 Å². The van der Waals surface area contributed by atoms with Crippen molar-refractivity contribution in [3.63, 3.8) is 0 Å². The van der Waals surface area contributed by atoms with Gasteiger partial charge in [-0.15, -0.1) is 12.4 Å². The molecular weight excluding hydrogens is 174 g/mol. The molecule has 0 aromatic carbocycles. The van der Waals surface area contributed by atoms with Gasteiger partial charge in [0.15, 0.2) is 0 Å². The molecule has 1 rings (SSSR count). The Morgan fingerprint density at radius 2 is 1.92 bits per heavy atom. The normalized spacial score (nSPS) is 31.0. The van der Waals surface area contributed by atoms with E-state index in [-0.39, 0.29) is 23.9 Å². The lowest BCUT2D eigenvalue weighted by Crippen LogP contribution is -2.47. The van der Waals surface area contributed by atoms with Crippen LogP contribution in [0.2, 0.25) is 0 Å². The van der Waals surface area contributed by atoms with E-state index in [0.717, 1.165) is 19.4 Å². The van der Waals surface area contributed by atoms with Crippen LogP contribution >= 0.6 is 12.4 Å². The molecule has 2 N–H and O–H groups in total. The first-order valence-corrected chi connectivity index (χ1v) is 4.41. The van der Waals surface area contributed by atoms with Crippen LogP contribution in [0.25, 0.3) is 0 Å². The highest BCUT2D eigenvalue weighted by molar-refractivity contribution is 5.85. The van der Waals surface area contributed by atoms with Crippen molar-refractivity contribution in [2.24, 2.45) is 5.41 Å². The van der Waals surface area contributed by atoms with E-state index in [0.29, 0.717) is 6.04 Å². The maximum absolute atomic E-state index is 9.40. The molecule has 2 atom stereocenters. The zero-order valence-corrected chi connectivity index (χ0v) is 8.95. The van der Waals surface area contributed by atoms with E-state index in [1.54, 1.807) is 0 Å². The third-order valence-corrected chi connectivity index (χ3v) is 2.42. The summed E-state index contributed by atoms with van der Waals surface area (Å²) in [4.78, 5) is 0. The van der Waals surface area contributed by atoms with Crippen LogP contribution < -0.4 is 5.32 Å². The van der Waals surface area contributed by atoms with Gasteiger partial charge in [0.2, 0.25) is 0 Å². The molecule has 0 bridgehead atoms. The topological polar surface area (TPSA) is 32.3 Å². The summed E-state index contributed by atoms with van der Waals surface area (Å²) in [7, 11) is 0. The Kier molecular flexibility index (Phi) is 4.53. The minimum absolute atomic E-state index is 0. The summed E-state index contributed by atoms with van der Waals surface area (Å²) in [5.41, 5.74) is 0.279. The van der Waals surface area contributed by atoms with Crippen LogP contribution in [0.5, 0.6) is 0 Å². The molecule has 0 aromatic heterocycles. The predicted molar refractivity (Wildman–Crippen MR) is 53.7 cm³/mol. The van der Waals surface area contributed by atoms with Crippen LogP contribution in [0.4, 0.5) is 0 Å². The molecule has 3 heteroatoms. The molecule has 1 heterocycles. The summed E-state index contributed by atoms with van der Waals surface area (Å²) >= 11 is 0. The Morgan fingerprint density at radius 1 is 1.33 bits per heavy atom. The molecule has 0 saturated carbocycles. The minimum atomic E-state index is -0.0829. The first kappa shape index (κ1) is 12.2. The van der Waals surface area contributed by atoms with Crippen molar-refractivity contribution in [1.82, 2.24) is 5.32 Å². The summed E-state index contributed by atoms with van der Waals surface area (Å²) in [5, 5.41) is 12.8. The van der Waals surface area contributed by atoms with Crippen LogP contribution in [0.15, 0.2) is 0 Å². The van der Waals surface area contributed by atoms with Crippen molar-refractivity contribution < 1.29 is 5.11 Å². The van der Waals surface area contributed by atoms with Gasteiger partial charge in [-0.1, -0.05) is 20.8 Å². The molecule has 2 nitrogen and oxygen atoms in total. The molecule has 1 aliphatic rings. The number of nitrogens with one attached hydrogen (secondary N) is 1. The summed E-state index contributed by atoms with van der Waals surface area (Å²) in [6, 6.07) is 0.478. The van der Waals surface area contributed by atoms with E-state index in [9.17, 15) is 5.11 Å². The van der Waals surface area contributed by atoms with Gasteiger partial charge in [-0.3, -0.25) is 0 Å². The van der Waals surface area contributed by atoms with Gasteiger partial charge in [-0.05, 0) is 24.8 Å². The Hall–Kier alpha value is 0.210. The molecule has 0 amide bonds. The highest BCUT2D eigenvalue weighted by Crippen LogP contribution is 2.25. The maximum atomic E-state index is 9.40.